The summed E-state index contributed by atoms with van der Waals surface area (Å²) in [5.41, 5.74) is 1.48. The molecule has 4 heteroatoms. The van der Waals surface area contributed by atoms with Crippen LogP contribution in [0.1, 0.15) is 39.5 Å². The van der Waals surface area contributed by atoms with E-state index in [1.165, 1.54) is 19.3 Å². The molecular formula is C22H32N2O2. The quantitative estimate of drug-likeness (QED) is 0.822. The van der Waals surface area contributed by atoms with Crippen LogP contribution < -0.4 is 9.64 Å². The summed E-state index contributed by atoms with van der Waals surface area (Å²) in [5, 5.41) is 0. The maximum Gasteiger partial charge on any atom is 0.222 e. The van der Waals surface area contributed by atoms with E-state index in [-0.39, 0.29) is 0 Å². The van der Waals surface area contributed by atoms with Crippen LogP contribution in [0.3, 0.4) is 0 Å². The van der Waals surface area contributed by atoms with Gasteiger partial charge in [0.2, 0.25) is 5.91 Å². The first-order valence-corrected chi connectivity index (χ1v) is 10.2. The predicted molar refractivity (Wildman–Crippen MR) is 105 cm³/mol. The Hall–Kier alpha value is -1.71. The number of fused-ring (bicyclic) bond motifs is 2. The zero-order chi connectivity index (χ0) is 18.3. The summed E-state index contributed by atoms with van der Waals surface area (Å²) in [6, 6.07) is 8.16. The average Bonchev–Trinajstić information content (AvgIpc) is 3.23. The summed E-state index contributed by atoms with van der Waals surface area (Å²) < 4.78 is 5.49. The molecule has 0 spiro atoms. The van der Waals surface area contributed by atoms with E-state index < -0.39 is 0 Å². The van der Waals surface area contributed by atoms with Crippen LogP contribution in [-0.2, 0) is 4.79 Å². The maximum absolute atomic E-state index is 13.0. The third-order valence-corrected chi connectivity index (χ3v) is 7.50. The summed E-state index contributed by atoms with van der Waals surface area (Å²) in [5.74, 6) is 3.49. The average molecular weight is 357 g/mol. The number of carbonyl (C=O) groups is 1. The van der Waals surface area contributed by atoms with E-state index in [0.717, 1.165) is 55.9 Å². The Morgan fingerprint density at radius 2 is 1.88 bits per heavy atom. The minimum atomic E-state index is 0.345. The van der Waals surface area contributed by atoms with Gasteiger partial charge in [0.1, 0.15) is 5.75 Å². The molecule has 2 aliphatic carbocycles. The Labute approximate surface area is 157 Å². The zero-order valence-electron chi connectivity index (χ0n) is 16.4. The third-order valence-electron chi connectivity index (χ3n) is 7.50. The van der Waals surface area contributed by atoms with Gasteiger partial charge in [-0.3, -0.25) is 4.79 Å². The zero-order valence-corrected chi connectivity index (χ0v) is 16.4. The Morgan fingerprint density at radius 1 is 1.15 bits per heavy atom. The molecule has 26 heavy (non-hydrogen) atoms. The van der Waals surface area contributed by atoms with E-state index in [4.69, 9.17) is 4.74 Å². The van der Waals surface area contributed by atoms with E-state index in [1.54, 1.807) is 7.11 Å². The van der Waals surface area contributed by atoms with Crippen molar-refractivity contribution < 1.29 is 9.53 Å². The molecule has 142 valence electrons. The Kier molecular flexibility index (Phi) is 4.62. The number of hydrogen-bond donors (Lipinski definition) is 0. The molecule has 0 N–H and O–H groups in total. The van der Waals surface area contributed by atoms with Gasteiger partial charge in [-0.05, 0) is 54.6 Å². The number of amides is 1. The maximum atomic E-state index is 13.0. The molecule has 0 aromatic heterocycles. The van der Waals surface area contributed by atoms with Gasteiger partial charge in [-0.25, -0.2) is 0 Å². The van der Waals surface area contributed by atoms with Gasteiger partial charge in [0.05, 0.1) is 12.8 Å². The van der Waals surface area contributed by atoms with Gasteiger partial charge in [0, 0.05) is 32.6 Å². The van der Waals surface area contributed by atoms with E-state index in [2.05, 4.69) is 29.7 Å². The second-order valence-corrected chi connectivity index (χ2v) is 8.94. The highest BCUT2D eigenvalue weighted by Crippen LogP contribution is 2.60. The van der Waals surface area contributed by atoms with Gasteiger partial charge in [-0.1, -0.05) is 26.0 Å². The summed E-state index contributed by atoms with van der Waals surface area (Å²) in [6.07, 6.45) is 4.82. The number of nitrogens with zero attached hydrogens (tertiary/aromatic N) is 2. The summed E-state index contributed by atoms with van der Waals surface area (Å²) in [7, 11) is 1.72. The first-order chi connectivity index (χ1) is 12.5. The minimum absolute atomic E-state index is 0.345. The fraction of sp³-hybridized carbons (Fsp3) is 0.682. The van der Waals surface area contributed by atoms with Crippen LogP contribution in [0.15, 0.2) is 24.3 Å². The topological polar surface area (TPSA) is 32.8 Å². The van der Waals surface area contributed by atoms with Crippen molar-refractivity contribution in [2.24, 2.45) is 23.2 Å². The van der Waals surface area contributed by atoms with Crippen molar-refractivity contribution in [3.8, 4) is 5.75 Å². The normalized spacial score (nSPS) is 29.9. The molecule has 1 heterocycles. The van der Waals surface area contributed by atoms with Crippen molar-refractivity contribution in [3.05, 3.63) is 24.3 Å². The van der Waals surface area contributed by atoms with E-state index >= 15 is 0 Å². The lowest BCUT2D eigenvalue weighted by molar-refractivity contribution is -0.134. The molecule has 3 atom stereocenters. The molecule has 1 amide bonds. The van der Waals surface area contributed by atoms with Crippen molar-refractivity contribution in [2.45, 2.75) is 39.5 Å². The van der Waals surface area contributed by atoms with Crippen LogP contribution in [0.5, 0.6) is 5.75 Å². The molecule has 0 radical (unpaired) electrons. The minimum Gasteiger partial charge on any atom is -0.495 e. The van der Waals surface area contributed by atoms with Gasteiger partial charge >= 0.3 is 0 Å². The molecule has 1 aromatic rings. The standard InChI is InChI=1S/C22H32N2O2/c1-22(2)17-9-8-16(14-17)18(22)15-21(25)24-12-10-23(11-13-24)19-6-4-5-7-20(19)26-3/h4-7,16-18H,8-15H2,1-3H3. The van der Waals surface area contributed by atoms with E-state index in [9.17, 15) is 4.79 Å². The number of carbonyl (C=O) groups excluding carboxylic acids is 1. The van der Waals surface area contributed by atoms with Crippen LogP contribution in [0.25, 0.3) is 0 Å². The smallest absolute Gasteiger partial charge is 0.222 e. The first kappa shape index (κ1) is 17.7. The Balaban J connectivity index is 1.35. The number of ether oxygens (including phenoxy) is 1. The van der Waals surface area contributed by atoms with Crippen molar-refractivity contribution >= 4 is 11.6 Å². The molecule has 2 saturated carbocycles. The number of benzene rings is 1. The number of para-hydroxylation sites is 2. The number of rotatable bonds is 4. The van der Waals surface area contributed by atoms with Crippen molar-refractivity contribution in [3.63, 3.8) is 0 Å². The van der Waals surface area contributed by atoms with Gasteiger partial charge in [-0.2, -0.15) is 0 Å². The van der Waals surface area contributed by atoms with Gasteiger partial charge in [0.15, 0.2) is 0 Å². The Morgan fingerprint density at radius 3 is 2.54 bits per heavy atom. The van der Waals surface area contributed by atoms with E-state index in [1.807, 2.05) is 18.2 Å². The number of anilines is 1. The fourth-order valence-corrected chi connectivity index (χ4v) is 5.80. The molecular weight excluding hydrogens is 324 g/mol. The molecule has 4 nitrogen and oxygen atoms in total. The number of hydrogen-bond acceptors (Lipinski definition) is 3. The first-order valence-electron chi connectivity index (χ1n) is 10.2. The van der Waals surface area contributed by atoms with Gasteiger partial charge in [-0.15, -0.1) is 0 Å². The molecule has 1 aromatic carbocycles. The summed E-state index contributed by atoms with van der Waals surface area (Å²) in [6.45, 7) is 8.19. The molecule has 4 rings (SSSR count). The molecule has 3 unspecified atom stereocenters. The molecule has 3 fully saturated rings. The largest absolute Gasteiger partial charge is 0.495 e. The van der Waals surface area contributed by atoms with Crippen LogP contribution >= 0.6 is 0 Å². The molecule has 2 bridgehead atoms. The summed E-state index contributed by atoms with van der Waals surface area (Å²) in [4.78, 5) is 17.4. The fourth-order valence-electron chi connectivity index (χ4n) is 5.80. The lowest BCUT2D eigenvalue weighted by Crippen LogP contribution is -2.49. The van der Waals surface area contributed by atoms with Gasteiger partial charge in [0.25, 0.3) is 0 Å². The molecule has 1 aliphatic heterocycles. The Bertz CT molecular complexity index is 664. The molecule has 1 saturated heterocycles. The number of piperazine rings is 1. The number of methoxy groups -OCH3 is 1. The highest BCUT2D eigenvalue weighted by Gasteiger charge is 2.53. The SMILES string of the molecule is COc1ccccc1N1CCN(C(=O)CC2C3CCC(C3)C2(C)C)CC1. The van der Waals surface area contributed by atoms with Crippen molar-refractivity contribution in [1.29, 1.82) is 0 Å². The second kappa shape index (κ2) is 6.79. The summed E-state index contributed by atoms with van der Waals surface area (Å²) >= 11 is 0. The predicted octanol–water partition coefficient (Wildman–Crippen LogP) is 3.81. The van der Waals surface area contributed by atoms with Crippen LogP contribution in [0.2, 0.25) is 0 Å². The van der Waals surface area contributed by atoms with Crippen molar-refractivity contribution in [1.82, 2.24) is 4.90 Å². The van der Waals surface area contributed by atoms with Crippen LogP contribution in [0, 0.1) is 23.2 Å². The molecule has 3 aliphatic rings. The lowest BCUT2D eigenvalue weighted by atomic mass is 9.67. The third kappa shape index (κ3) is 2.97. The van der Waals surface area contributed by atoms with E-state index in [0.29, 0.717) is 17.2 Å². The van der Waals surface area contributed by atoms with Crippen molar-refractivity contribution in [2.75, 3.05) is 38.2 Å². The van der Waals surface area contributed by atoms with Crippen LogP contribution in [-0.4, -0.2) is 44.1 Å². The highest BCUT2D eigenvalue weighted by molar-refractivity contribution is 5.77. The lowest BCUT2D eigenvalue weighted by Gasteiger charge is -2.41. The highest BCUT2D eigenvalue weighted by atomic mass is 16.5. The van der Waals surface area contributed by atoms with Gasteiger partial charge < -0.3 is 14.5 Å². The van der Waals surface area contributed by atoms with Crippen LogP contribution in [0.4, 0.5) is 5.69 Å². The monoisotopic (exact) mass is 356 g/mol. The second-order valence-electron chi connectivity index (χ2n) is 8.94.